The molecule has 1 rings (SSSR count). The number of carbonyl (C=O) groups is 1. The minimum atomic E-state index is -1.40. The molecule has 6 heteroatoms. The van der Waals surface area contributed by atoms with E-state index < -0.39 is 4.33 Å². The molecule has 0 aromatic rings. The van der Waals surface area contributed by atoms with Crippen molar-refractivity contribution in [3.63, 3.8) is 0 Å². The Hall–Kier alpha value is 0.300. The second-order valence-electron chi connectivity index (χ2n) is 4.27. The van der Waals surface area contributed by atoms with Crippen molar-refractivity contribution in [1.82, 2.24) is 10.0 Å². The molecule has 94 valence electrons. The van der Waals surface area contributed by atoms with Crippen LogP contribution >= 0.6 is 34.8 Å². The highest BCUT2D eigenvalue weighted by molar-refractivity contribution is 6.59. The number of alkyl halides is 3. The average Bonchev–Trinajstić information content (AvgIpc) is 2.39. The van der Waals surface area contributed by atoms with Crippen LogP contribution in [0.15, 0.2) is 0 Å². The molecule has 0 spiro atoms. The lowest BCUT2D eigenvalue weighted by atomic mass is 10.00. The average molecular weight is 288 g/mol. The third-order valence-corrected chi connectivity index (χ3v) is 4.25. The Kier molecular flexibility index (Phi) is 4.76. The van der Waals surface area contributed by atoms with E-state index in [0.29, 0.717) is 6.54 Å². The Balaban J connectivity index is 2.84. The van der Waals surface area contributed by atoms with Crippen molar-refractivity contribution < 1.29 is 4.79 Å². The van der Waals surface area contributed by atoms with Gasteiger partial charge in [-0.3, -0.25) is 9.80 Å². The molecule has 1 heterocycles. The highest BCUT2D eigenvalue weighted by Crippen LogP contribution is 2.43. The van der Waals surface area contributed by atoms with Gasteiger partial charge in [-0.15, -0.1) is 11.6 Å². The van der Waals surface area contributed by atoms with Gasteiger partial charge in [0, 0.05) is 31.9 Å². The predicted molar refractivity (Wildman–Crippen MR) is 67.9 cm³/mol. The first-order chi connectivity index (χ1) is 7.32. The maximum atomic E-state index is 11.9. The molecule has 0 bridgehead atoms. The number of hydrogen-bond donors (Lipinski definition) is 0. The molecule has 1 amide bonds. The van der Waals surface area contributed by atoms with Gasteiger partial charge in [-0.25, -0.2) is 5.01 Å². The molecule has 1 fully saturated rings. The van der Waals surface area contributed by atoms with Crippen molar-refractivity contribution in [3.8, 4) is 0 Å². The SMILES string of the molecule is CCCC(Cl)C1CN(N(C)C)C(=O)C1(Cl)Cl. The second-order valence-corrected chi connectivity index (χ2v) is 6.22. The highest BCUT2D eigenvalue weighted by Gasteiger charge is 2.55. The molecule has 0 aromatic carbocycles. The lowest BCUT2D eigenvalue weighted by Crippen LogP contribution is -2.41. The van der Waals surface area contributed by atoms with Crippen molar-refractivity contribution in [3.05, 3.63) is 0 Å². The second kappa shape index (κ2) is 5.30. The third-order valence-electron chi connectivity index (χ3n) is 2.84. The van der Waals surface area contributed by atoms with Crippen molar-refractivity contribution in [1.29, 1.82) is 0 Å². The van der Waals surface area contributed by atoms with E-state index in [9.17, 15) is 4.79 Å². The largest absolute Gasteiger partial charge is 0.273 e. The Morgan fingerprint density at radius 1 is 1.56 bits per heavy atom. The first-order valence-corrected chi connectivity index (χ1v) is 6.52. The van der Waals surface area contributed by atoms with Crippen molar-refractivity contribution >= 4 is 40.7 Å². The highest BCUT2D eigenvalue weighted by atomic mass is 35.5. The summed E-state index contributed by atoms with van der Waals surface area (Å²) in [6.45, 7) is 2.52. The summed E-state index contributed by atoms with van der Waals surface area (Å²) in [6.07, 6.45) is 1.76. The number of nitrogens with zero attached hydrogens (tertiary/aromatic N) is 2. The van der Waals surface area contributed by atoms with Crippen LogP contribution in [-0.2, 0) is 4.79 Å². The van der Waals surface area contributed by atoms with E-state index in [-0.39, 0.29) is 17.2 Å². The molecule has 0 radical (unpaired) electrons. The van der Waals surface area contributed by atoms with Gasteiger partial charge in [-0.1, -0.05) is 36.5 Å². The number of carbonyl (C=O) groups excluding carboxylic acids is 1. The summed E-state index contributed by atoms with van der Waals surface area (Å²) in [5, 5.41) is 3.06. The van der Waals surface area contributed by atoms with Gasteiger partial charge in [0.1, 0.15) is 0 Å². The van der Waals surface area contributed by atoms with E-state index in [0.717, 1.165) is 12.8 Å². The van der Waals surface area contributed by atoms with E-state index in [1.54, 1.807) is 19.1 Å². The molecule has 2 atom stereocenters. The van der Waals surface area contributed by atoms with Crippen LogP contribution in [0.2, 0.25) is 0 Å². The van der Waals surface area contributed by atoms with Crippen LogP contribution in [0, 0.1) is 5.92 Å². The number of rotatable bonds is 4. The molecule has 0 aromatic heterocycles. The summed E-state index contributed by atoms with van der Waals surface area (Å²) in [5.74, 6) is -0.514. The zero-order valence-corrected chi connectivity index (χ0v) is 12.0. The number of halogens is 3. The molecule has 0 aliphatic carbocycles. The third kappa shape index (κ3) is 2.58. The lowest BCUT2D eigenvalue weighted by molar-refractivity contribution is -0.139. The molecule has 0 N–H and O–H groups in total. The molecule has 0 saturated carbocycles. The Morgan fingerprint density at radius 2 is 2.12 bits per heavy atom. The number of amides is 1. The van der Waals surface area contributed by atoms with E-state index in [4.69, 9.17) is 34.8 Å². The molecule has 3 nitrogen and oxygen atoms in total. The van der Waals surface area contributed by atoms with Gasteiger partial charge in [0.2, 0.25) is 4.33 Å². The maximum Gasteiger partial charge on any atom is 0.273 e. The Labute approximate surface area is 112 Å². The smallest absolute Gasteiger partial charge is 0.273 e. The van der Waals surface area contributed by atoms with Crippen LogP contribution in [0.1, 0.15) is 19.8 Å². The first-order valence-electron chi connectivity index (χ1n) is 5.33. The first kappa shape index (κ1) is 14.4. The van der Waals surface area contributed by atoms with Crippen LogP contribution in [-0.4, -0.2) is 46.3 Å². The number of hydrogen-bond acceptors (Lipinski definition) is 2. The molecule has 16 heavy (non-hydrogen) atoms. The van der Waals surface area contributed by atoms with Crippen LogP contribution in [0.25, 0.3) is 0 Å². The van der Waals surface area contributed by atoms with Gasteiger partial charge >= 0.3 is 0 Å². The summed E-state index contributed by atoms with van der Waals surface area (Å²) in [5.41, 5.74) is 0. The molecule has 2 unspecified atom stereocenters. The Morgan fingerprint density at radius 3 is 2.50 bits per heavy atom. The van der Waals surface area contributed by atoms with E-state index in [2.05, 4.69) is 0 Å². The van der Waals surface area contributed by atoms with Crippen molar-refractivity contribution in [2.24, 2.45) is 5.92 Å². The van der Waals surface area contributed by atoms with Gasteiger partial charge in [0.25, 0.3) is 5.91 Å². The molecule has 1 saturated heterocycles. The van der Waals surface area contributed by atoms with Gasteiger partial charge in [0.05, 0.1) is 0 Å². The summed E-state index contributed by atoms with van der Waals surface area (Å²) < 4.78 is -1.40. The van der Waals surface area contributed by atoms with Gasteiger partial charge < -0.3 is 0 Å². The van der Waals surface area contributed by atoms with Gasteiger partial charge in [-0.05, 0) is 6.42 Å². The zero-order chi connectivity index (χ0) is 12.5. The van der Waals surface area contributed by atoms with E-state index in [1.165, 1.54) is 5.01 Å². The number of hydrazine groups is 1. The van der Waals surface area contributed by atoms with Gasteiger partial charge in [-0.2, -0.15) is 0 Å². The summed E-state index contributed by atoms with van der Waals surface area (Å²) in [7, 11) is 3.57. The molecule has 1 aliphatic rings. The summed E-state index contributed by atoms with van der Waals surface area (Å²) >= 11 is 18.5. The van der Waals surface area contributed by atoms with E-state index in [1.807, 2.05) is 6.92 Å². The minimum absolute atomic E-state index is 0.172. The molecule has 1 aliphatic heterocycles. The van der Waals surface area contributed by atoms with Crippen molar-refractivity contribution in [2.45, 2.75) is 29.5 Å². The maximum absolute atomic E-state index is 11.9. The predicted octanol–water partition coefficient (Wildman–Crippen LogP) is 2.50. The fourth-order valence-electron chi connectivity index (χ4n) is 1.88. The quantitative estimate of drug-likeness (QED) is 0.742. The monoisotopic (exact) mass is 286 g/mol. The standard InChI is InChI=1S/C10H17Cl3N2O/c1-4-5-8(11)7-6-15(14(2)3)9(16)10(7,12)13/h7-8H,4-6H2,1-3H3. The molecular formula is C10H17Cl3N2O. The van der Waals surface area contributed by atoms with E-state index >= 15 is 0 Å². The fourth-order valence-corrected chi connectivity index (χ4v) is 3.13. The van der Waals surface area contributed by atoms with Crippen molar-refractivity contribution in [2.75, 3.05) is 20.6 Å². The van der Waals surface area contributed by atoms with Crippen LogP contribution in [0.5, 0.6) is 0 Å². The van der Waals surface area contributed by atoms with Gasteiger partial charge in [0.15, 0.2) is 0 Å². The van der Waals surface area contributed by atoms with Crippen LogP contribution < -0.4 is 0 Å². The zero-order valence-electron chi connectivity index (χ0n) is 9.71. The summed E-state index contributed by atoms with van der Waals surface area (Å²) in [6, 6.07) is 0. The van der Waals surface area contributed by atoms with Crippen LogP contribution in [0.4, 0.5) is 0 Å². The lowest BCUT2D eigenvalue weighted by Gasteiger charge is -2.24. The van der Waals surface area contributed by atoms with Crippen LogP contribution in [0.3, 0.4) is 0 Å². The minimum Gasteiger partial charge on any atom is -0.273 e. The normalized spacial score (nSPS) is 26.6. The molecular weight excluding hydrogens is 270 g/mol. The topological polar surface area (TPSA) is 23.6 Å². The Bertz CT molecular complexity index is 271. The summed E-state index contributed by atoms with van der Waals surface area (Å²) in [4.78, 5) is 11.9. The fraction of sp³-hybridized carbons (Fsp3) is 0.900.